The first-order valence-corrected chi connectivity index (χ1v) is 7.78. The Hall–Kier alpha value is -1.05. The van der Waals surface area contributed by atoms with E-state index in [-0.39, 0.29) is 4.90 Å². The Bertz CT molecular complexity index is 579. The first-order chi connectivity index (χ1) is 8.59. The van der Waals surface area contributed by atoms with Gasteiger partial charge in [-0.3, -0.25) is 4.79 Å². The van der Waals surface area contributed by atoms with Crippen molar-refractivity contribution < 1.29 is 18.3 Å². The van der Waals surface area contributed by atoms with Crippen LogP contribution in [0.1, 0.15) is 13.8 Å². The van der Waals surface area contributed by atoms with Gasteiger partial charge in [0, 0.05) is 19.0 Å². The molecule has 1 aromatic carbocycles. The maximum Gasteiger partial charge on any atom is 0.319 e. The minimum atomic E-state index is -3.59. The highest BCUT2D eigenvalue weighted by atomic mass is 32.2. The van der Waals surface area contributed by atoms with E-state index in [0.717, 1.165) is 16.1 Å². The highest BCUT2D eigenvalue weighted by molar-refractivity contribution is 8.02. The van der Waals surface area contributed by atoms with Crippen molar-refractivity contribution in [3.05, 3.63) is 24.3 Å². The normalized spacial score (nSPS) is 12.7. The molecule has 0 saturated heterocycles. The molecule has 0 aromatic heterocycles. The molecule has 1 N–H and O–H groups in total. The average molecular weight is 303 g/mol. The van der Waals surface area contributed by atoms with Gasteiger partial charge in [-0.2, -0.15) is 0 Å². The van der Waals surface area contributed by atoms with E-state index in [0.29, 0.717) is 4.90 Å². The summed E-state index contributed by atoms with van der Waals surface area (Å²) in [6.07, 6.45) is 0. The number of benzene rings is 1. The lowest BCUT2D eigenvalue weighted by Crippen LogP contribution is -2.28. The molecule has 0 aliphatic heterocycles. The number of sulfonamides is 1. The molecule has 5 nitrogen and oxygen atoms in total. The van der Waals surface area contributed by atoms with Gasteiger partial charge >= 0.3 is 5.97 Å². The summed E-state index contributed by atoms with van der Waals surface area (Å²) in [6.45, 7) is 3.08. The van der Waals surface area contributed by atoms with Gasteiger partial charge in [0.1, 0.15) is 4.75 Å². The van der Waals surface area contributed by atoms with Crippen LogP contribution < -0.4 is 0 Å². The molecule has 1 rings (SSSR count). The monoisotopic (exact) mass is 303 g/mol. The van der Waals surface area contributed by atoms with Crippen LogP contribution in [0.25, 0.3) is 0 Å². The highest BCUT2D eigenvalue weighted by Crippen LogP contribution is 2.37. The highest BCUT2D eigenvalue weighted by Gasteiger charge is 2.31. The fraction of sp³-hybridized carbons (Fsp3) is 0.417. The number of thioether (sulfide) groups is 1. The van der Waals surface area contributed by atoms with Crippen molar-refractivity contribution in [2.45, 2.75) is 28.4 Å². The molecule has 0 aliphatic carbocycles. The van der Waals surface area contributed by atoms with Gasteiger partial charge in [0.05, 0.1) is 4.90 Å². The van der Waals surface area contributed by atoms with Gasteiger partial charge in [-0.25, -0.2) is 12.7 Å². The minimum absolute atomic E-state index is 0.124. The summed E-state index contributed by atoms with van der Waals surface area (Å²) >= 11 is 1.02. The molecule has 0 unspecified atom stereocenters. The van der Waals surface area contributed by atoms with E-state index in [1.807, 2.05) is 0 Å². The predicted octanol–water partition coefficient (Wildman–Crippen LogP) is 1.89. The number of nitrogens with zero attached hydrogens (tertiary/aromatic N) is 1. The summed E-state index contributed by atoms with van der Waals surface area (Å²) in [5, 5.41) is 9.12. The summed E-state index contributed by atoms with van der Waals surface area (Å²) in [5.74, 6) is -0.991. The Morgan fingerprint density at radius 2 is 1.79 bits per heavy atom. The molecule has 0 radical (unpaired) electrons. The zero-order valence-electron chi connectivity index (χ0n) is 11.2. The van der Waals surface area contributed by atoms with Crippen molar-refractivity contribution >= 4 is 27.8 Å². The number of hydrogen-bond donors (Lipinski definition) is 1. The Balaban J connectivity index is 3.29. The molecule has 0 bridgehead atoms. The van der Waals surface area contributed by atoms with Crippen LogP contribution >= 0.6 is 11.8 Å². The van der Waals surface area contributed by atoms with E-state index in [4.69, 9.17) is 5.11 Å². The second-order valence-corrected chi connectivity index (χ2v) is 8.44. The molecular formula is C12H17NO4S2. The largest absolute Gasteiger partial charge is 0.480 e. The quantitative estimate of drug-likeness (QED) is 0.841. The summed E-state index contributed by atoms with van der Waals surface area (Å²) in [7, 11) is -0.699. The van der Waals surface area contributed by atoms with Gasteiger partial charge in [-0.1, -0.05) is 12.1 Å². The molecule has 1 aromatic rings. The number of carboxylic acids is 1. The molecule has 0 aliphatic rings. The number of carboxylic acid groups (broad SMARTS) is 1. The maximum absolute atomic E-state index is 12.2. The van der Waals surface area contributed by atoms with E-state index in [1.165, 1.54) is 20.2 Å². The number of rotatable bonds is 5. The maximum atomic E-state index is 12.2. The van der Waals surface area contributed by atoms with Gasteiger partial charge in [0.25, 0.3) is 0 Å². The van der Waals surface area contributed by atoms with E-state index in [2.05, 4.69) is 0 Å². The Labute approximate surface area is 117 Å². The van der Waals surface area contributed by atoms with Crippen LogP contribution in [-0.4, -0.2) is 42.6 Å². The van der Waals surface area contributed by atoms with Gasteiger partial charge < -0.3 is 5.11 Å². The summed E-state index contributed by atoms with van der Waals surface area (Å²) in [6, 6.07) is 6.41. The first kappa shape index (κ1) is 16.0. The zero-order valence-corrected chi connectivity index (χ0v) is 12.9. The molecule has 0 spiro atoms. The van der Waals surface area contributed by atoms with Gasteiger partial charge in [0.15, 0.2) is 0 Å². The first-order valence-electron chi connectivity index (χ1n) is 5.53. The van der Waals surface area contributed by atoms with Crippen molar-refractivity contribution in [1.82, 2.24) is 4.31 Å². The molecule has 0 atom stereocenters. The van der Waals surface area contributed by atoms with Crippen molar-refractivity contribution in [1.29, 1.82) is 0 Å². The van der Waals surface area contributed by atoms with E-state index in [9.17, 15) is 13.2 Å². The minimum Gasteiger partial charge on any atom is -0.480 e. The third-order valence-electron chi connectivity index (χ3n) is 2.49. The zero-order chi connectivity index (χ0) is 14.8. The van der Waals surface area contributed by atoms with Crippen molar-refractivity contribution in [3.63, 3.8) is 0 Å². The lowest BCUT2D eigenvalue weighted by Gasteiger charge is -2.21. The molecule has 0 fully saturated rings. The Morgan fingerprint density at radius 1 is 1.26 bits per heavy atom. The second-order valence-electron chi connectivity index (χ2n) is 4.65. The predicted molar refractivity (Wildman–Crippen MR) is 74.9 cm³/mol. The Kier molecular flexibility index (Phi) is 4.65. The molecule has 7 heteroatoms. The number of hydrogen-bond acceptors (Lipinski definition) is 4. The molecule has 19 heavy (non-hydrogen) atoms. The Morgan fingerprint density at radius 3 is 2.26 bits per heavy atom. The van der Waals surface area contributed by atoms with Gasteiger partial charge in [-0.15, -0.1) is 11.8 Å². The van der Waals surface area contributed by atoms with E-state index in [1.54, 1.807) is 32.0 Å². The third-order valence-corrected chi connectivity index (χ3v) is 5.75. The topological polar surface area (TPSA) is 74.7 Å². The van der Waals surface area contributed by atoms with Crippen LogP contribution in [0.3, 0.4) is 0 Å². The SMILES string of the molecule is CN(C)S(=O)(=O)c1ccccc1SC(C)(C)C(=O)O. The van der Waals surface area contributed by atoms with Crippen LogP contribution in [0.5, 0.6) is 0 Å². The second kappa shape index (κ2) is 5.52. The summed E-state index contributed by atoms with van der Waals surface area (Å²) < 4.78 is 24.4. The van der Waals surface area contributed by atoms with Crippen LogP contribution in [-0.2, 0) is 14.8 Å². The van der Waals surface area contributed by atoms with Crippen LogP contribution in [0.4, 0.5) is 0 Å². The van der Waals surface area contributed by atoms with Gasteiger partial charge in [-0.05, 0) is 26.0 Å². The molecular weight excluding hydrogens is 286 g/mol. The fourth-order valence-electron chi connectivity index (χ4n) is 1.26. The molecule has 0 heterocycles. The summed E-state index contributed by atoms with van der Waals surface area (Å²) in [4.78, 5) is 11.7. The fourth-order valence-corrected chi connectivity index (χ4v) is 3.62. The molecule has 0 amide bonds. The number of carbonyl (C=O) groups is 1. The van der Waals surface area contributed by atoms with Crippen molar-refractivity contribution in [2.75, 3.05) is 14.1 Å². The van der Waals surface area contributed by atoms with Crippen LogP contribution in [0, 0.1) is 0 Å². The molecule has 0 saturated carbocycles. The van der Waals surface area contributed by atoms with E-state index >= 15 is 0 Å². The lowest BCUT2D eigenvalue weighted by atomic mass is 10.2. The van der Waals surface area contributed by atoms with E-state index < -0.39 is 20.7 Å². The standard InChI is InChI=1S/C12H17NO4S2/c1-12(2,11(14)15)18-9-7-5-6-8-10(9)19(16,17)13(3)4/h5-8H,1-4H3,(H,14,15). The number of aliphatic carboxylic acids is 1. The van der Waals surface area contributed by atoms with Crippen LogP contribution in [0.15, 0.2) is 34.1 Å². The van der Waals surface area contributed by atoms with Crippen LogP contribution in [0.2, 0.25) is 0 Å². The smallest absolute Gasteiger partial charge is 0.319 e. The average Bonchev–Trinajstić information content (AvgIpc) is 2.28. The van der Waals surface area contributed by atoms with Crippen molar-refractivity contribution in [2.24, 2.45) is 0 Å². The third kappa shape index (κ3) is 3.49. The lowest BCUT2D eigenvalue weighted by molar-refractivity contribution is -0.138. The van der Waals surface area contributed by atoms with Crippen molar-refractivity contribution in [3.8, 4) is 0 Å². The molecule has 106 valence electrons. The summed E-state index contributed by atoms with van der Waals surface area (Å²) in [5.41, 5.74) is 0. The van der Waals surface area contributed by atoms with Gasteiger partial charge in [0.2, 0.25) is 10.0 Å².